The molecule has 0 radical (unpaired) electrons. The number of halogens is 4. The number of alkyl halides is 3. The molecule has 0 bridgehead atoms. The Kier molecular flexibility index (Phi) is 1.88. The van der Waals surface area contributed by atoms with Crippen LogP contribution in [-0.4, -0.2) is 14.4 Å². The molecule has 0 saturated heterocycles. The van der Waals surface area contributed by atoms with Crippen LogP contribution >= 0.6 is 11.6 Å². The number of imidazole rings is 1. The van der Waals surface area contributed by atoms with Crippen molar-refractivity contribution in [2.24, 2.45) is 0 Å². The summed E-state index contributed by atoms with van der Waals surface area (Å²) in [6.07, 6.45) is -0.933. The fourth-order valence-corrected chi connectivity index (χ4v) is 1.27. The van der Waals surface area contributed by atoms with Crippen molar-refractivity contribution >= 4 is 17.2 Å². The van der Waals surface area contributed by atoms with Gasteiger partial charge in [0, 0.05) is 18.6 Å². The molecular formula is C7H3ClF3N3. The van der Waals surface area contributed by atoms with Crippen molar-refractivity contribution < 1.29 is 13.2 Å². The van der Waals surface area contributed by atoms with Gasteiger partial charge in [0.15, 0.2) is 16.5 Å². The molecular weight excluding hydrogens is 219 g/mol. The number of rotatable bonds is 0. The Morgan fingerprint density at radius 3 is 2.71 bits per heavy atom. The molecule has 0 saturated carbocycles. The first-order valence-electron chi connectivity index (χ1n) is 3.55. The second kappa shape index (κ2) is 2.84. The number of hydrogen-bond acceptors (Lipinski definition) is 2. The minimum atomic E-state index is -4.50. The first kappa shape index (κ1) is 9.26. The second-order valence-electron chi connectivity index (χ2n) is 2.57. The molecule has 0 aliphatic carbocycles. The van der Waals surface area contributed by atoms with Gasteiger partial charge in [0.25, 0.3) is 0 Å². The number of aromatic nitrogens is 3. The normalized spacial score (nSPS) is 12.3. The zero-order chi connectivity index (χ0) is 10.3. The van der Waals surface area contributed by atoms with Gasteiger partial charge in [0.1, 0.15) is 0 Å². The highest BCUT2D eigenvalue weighted by Crippen LogP contribution is 2.29. The van der Waals surface area contributed by atoms with Crippen molar-refractivity contribution in [2.75, 3.05) is 0 Å². The van der Waals surface area contributed by atoms with Crippen LogP contribution in [0, 0.1) is 0 Å². The molecule has 2 rings (SSSR count). The minimum absolute atomic E-state index is 0.208. The van der Waals surface area contributed by atoms with Gasteiger partial charge in [-0.2, -0.15) is 13.2 Å². The van der Waals surface area contributed by atoms with Crippen LogP contribution in [0.5, 0.6) is 0 Å². The first-order valence-corrected chi connectivity index (χ1v) is 3.92. The Labute approximate surface area is 81.2 Å². The average molecular weight is 222 g/mol. The molecule has 0 spiro atoms. The molecule has 0 fully saturated rings. The Morgan fingerprint density at radius 1 is 1.36 bits per heavy atom. The summed E-state index contributed by atoms with van der Waals surface area (Å²) in [5.74, 6) is 0. The van der Waals surface area contributed by atoms with Crippen LogP contribution in [0.3, 0.4) is 0 Å². The Bertz CT molecular complexity index is 476. The summed E-state index contributed by atoms with van der Waals surface area (Å²) in [6.45, 7) is 0. The van der Waals surface area contributed by atoms with E-state index in [4.69, 9.17) is 11.6 Å². The van der Waals surface area contributed by atoms with Crippen LogP contribution in [0.1, 0.15) is 5.69 Å². The Hall–Kier alpha value is -1.30. The highest BCUT2D eigenvalue weighted by atomic mass is 35.5. The largest absolute Gasteiger partial charge is 0.434 e. The van der Waals surface area contributed by atoms with E-state index in [1.165, 1.54) is 16.8 Å². The lowest BCUT2D eigenvalue weighted by molar-refractivity contribution is -0.141. The lowest BCUT2D eigenvalue weighted by Gasteiger charge is -2.06. The van der Waals surface area contributed by atoms with Crippen LogP contribution in [0.25, 0.3) is 5.65 Å². The third-order valence-electron chi connectivity index (χ3n) is 1.62. The van der Waals surface area contributed by atoms with Crippen molar-refractivity contribution in [1.82, 2.24) is 14.4 Å². The first-order chi connectivity index (χ1) is 6.48. The molecule has 0 unspecified atom stereocenters. The third-order valence-corrected chi connectivity index (χ3v) is 1.88. The standard InChI is InChI=1S/C7H3ClF3N3/c8-5-6-12-1-2-14(6)3-4(13-5)7(9,10)11/h1-3H. The van der Waals surface area contributed by atoms with E-state index in [1.54, 1.807) is 0 Å². The molecule has 0 atom stereocenters. The summed E-state index contributed by atoms with van der Waals surface area (Å²) in [7, 11) is 0. The minimum Gasteiger partial charge on any atom is -0.302 e. The molecule has 0 aliphatic heterocycles. The number of fused-ring (bicyclic) bond motifs is 1. The number of hydrogen-bond donors (Lipinski definition) is 0. The maximum absolute atomic E-state index is 12.2. The summed E-state index contributed by atoms with van der Waals surface area (Å²) in [4.78, 5) is 6.94. The summed E-state index contributed by atoms with van der Waals surface area (Å²) in [5, 5.41) is -0.259. The fraction of sp³-hybridized carbons (Fsp3) is 0.143. The summed E-state index contributed by atoms with van der Waals surface area (Å²) >= 11 is 5.52. The molecule has 3 nitrogen and oxygen atoms in total. The molecule has 2 aromatic rings. The smallest absolute Gasteiger partial charge is 0.302 e. The van der Waals surface area contributed by atoms with Crippen molar-refractivity contribution in [2.45, 2.75) is 6.18 Å². The summed E-state index contributed by atoms with van der Waals surface area (Å²) < 4.78 is 37.9. The molecule has 0 amide bonds. The van der Waals surface area contributed by atoms with E-state index in [-0.39, 0.29) is 10.8 Å². The maximum Gasteiger partial charge on any atom is 0.434 e. The Balaban J connectivity index is 2.70. The average Bonchev–Trinajstić information content (AvgIpc) is 2.50. The van der Waals surface area contributed by atoms with Gasteiger partial charge in [0.05, 0.1) is 0 Å². The van der Waals surface area contributed by atoms with Crippen molar-refractivity contribution in [3.63, 3.8) is 0 Å². The van der Waals surface area contributed by atoms with Gasteiger partial charge in [0.2, 0.25) is 0 Å². The van der Waals surface area contributed by atoms with Crippen LogP contribution in [0.2, 0.25) is 5.15 Å². The van der Waals surface area contributed by atoms with Crippen LogP contribution in [-0.2, 0) is 6.18 Å². The maximum atomic E-state index is 12.2. The number of nitrogens with zero attached hydrogens (tertiary/aromatic N) is 3. The van der Waals surface area contributed by atoms with E-state index in [2.05, 4.69) is 9.97 Å². The Morgan fingerprint density at radius 2 is 2.07 bits per heavy atom. The molecule has 2 aromatic heterocycles. The van der Waals surface area contributed by atoms with E-state index in [0.29, 0.717) is 0 Å². The predicted molar refractivity (Wildman–Crippen MR) is 43.0 cm³/mol. The topological polar surface area (TPSA) is 30.2 Å². The predicted octanol–water partition coefficient (Wildman–Crippen LogP) is 2.40. The lowest BCUT2D eigenvalue weighted by Crippen LogP contribution is -2.09. The van der Waals surface area contributed by atoms with E-state index in [0.717, 1.165) is 6.20 Å². The molecule has 14 heavy (non-hydrogen) atoms. The van der Waals surface area contributed by atoms with Gasteiger partial charge < -0.3 is 4.40 Å². The van der Waals surface area contributed by atoms with Crippen molar-refractivity contribution in [1.29, 1.82) is 0 Å². The quantitative estimate of drug-likeness (QED) is 0.684. The zero-order valence-corrected chi connectivity index (χ0v) is 7.34. The van der Waals surface area contributed by atoms with E-state index < -0.39 is 11.9 Å². The van der Waals surface area contributed by atoms with E-state index in [9.17, 15) is 13.2 Å². The molecule has 0 N–H and O–H groups in total. The lowest BCUT2D eigenvalue weighted by atomic mass is 10.4. The van der Waals surface area contributed by atoms with Gasteiger partial charge in [-0.05, 0) is 0 Å². The van der Waals surface area contributed by atoms with Gasteiger partial charge in [-0.15, -0.1) is 0 Å². The van der Waals surface area contributed by atoms with E-state index >= 15 is 0 Å². The van der Waals surface area contributed by atoms with Crippen LogP contribution in [0.4, 0.5) is 13.2 Å². The van der Waals surface area contributed by atoms with Crippen LogP contribution < -0.4 is 0 Å². The summed E-state index contributed by atoms with van der Waals surface area (Å²) in [5.41, 5.74) is -0.826. The molecule has 0 aliphatic rings. The third kappa shape index (κ3) is 1.41. The molecule has 7 heteroatoms. The fourth-order valence-electron chi connectivity index (χ4n) is 1.03. The SMILES string of the molecule is FC(F)(F)c1cn2ccnc2c(Cl)n1. The zero-order valence-electron chi connectivity index (χ0n) is 6.59. The highest BCUT2D eigenvalue weighted by molar-refractivity contribution is 6.32. The van der Waals surface area contributed by atoms with Gasteiger partial charge in [-0.1, -0.05) is 11.6 Å². The summed E-state index contributed by atoms with van der Waals surface area (Å²) in [6, 6.07) is 0. The van der Waals surface area contributed by atoms with Crippen molar-refractivity contribution in [3.05, 3.63) is 29.4 Å². The van der Waals surface area contributed by atoms with Crippen molar-refractivity contribution in [3.8, 4) is 0 Å². The monoisotopic (exact) mass is 221 g/mol. The molecule has 2 heterocycles. The highest BCUT2D eigenvalue weighted by Gasteiger charge is 2.33. The van der Waals surface area contributed by atoms with Gasteiger partial charge in [-0.3, -0.25) is 0 Å². The molecule has 74 valence electrons. The van der Waals surface area contributed by atoms with Gasteiger partial charge in [-0.25, -0.2) is 9.97 Å². The van der Waals surface area contributed by atoms with Gasteiger partial charge >= 0.3 is 6.18 Å². The second-order valence-corrected chi connectivity index (χ2v) is 2.93. The van der Waals surface area contributed by atoms with Crippen LogP contribution in [0.15, 0.2) is 18.6 Å². The molecule has 0 aromatic carbocycles. The van der Waals surface area contributed by atoms with E-state index in [1.807, 2.05) is 0 Å².